The number of aromatic nitrogens is 2. The molecular weight excluding hydrogens is 306 g/mol. The number of likely N-dealkylation sites (tertiary alicyclic amines) is 1. The van der Waals surface area contributed by atoms with E-state index in [0.29, 0.717) is 12.6 Å². The largest absolute Gasteiger partial charge is 0.376 e. The highest BCUT2D eigenvalue weighted by molar-refractivity contribution is 5.81. The fourth-order valence-corrected chi connectivity index (χ4v) is 3.60. The van der Waals surface area contributed by atoms with Crippen molar-refractivity contribution in [3.63, 3.8) is 0 Å². The van der Waals surface area contributed by atoms with E-state index in [4.69, 9.17) is 9.47 Å². The summed E-state index contributed by atoms with van der Waals surface area (Å²) in [6.45, 7) is 6.99. The lowest BCUT2D eigenvalue weighted by Crippen LogP contribution is -2.48. The first-order chi connectivity index (χ1) is 11.6. The van der Waals surface area contributed by atoms with E-state index < -0.39 is 0 Å². The smallest absolute Gasteiger partial charge is 0.252 e. The molecule has 2 aliphatic rings. The number of piperidine rings is 1. The first-order valence-electron chi connectivity index (χ1n) is 9.14. The zero-order chi connectivity index (χ0) is 16.9. The Bertz CT molecular complexity index is 512. The zero-order valence-corrected chi connectivity index (χ0v) is 14.8. The van der Waals surface area contributed by atoms with Crippen LogP contribution in [0.1, 0.15) is 45.6 Å². The monoisotopic (exact) mass is 335 g/mol. The predicted molar refractivity (Wildman–Crippen MR) is 90.6 cm³/mol. The Morgan fingerprint density at radius 3 is 2.92 bits per heavy atom. The first-order valence-corrected chi connectivity index (χ1v) is 9.14. The maximum absolute atomic E-state index is 13.0. The molecule has 0 spiro atoms. The van der Waals surface area contributed by atoms with Crippen molar-refractivity contribution in [1.29, 1.82) is 0 Å². The lowest BCUT2D eigenvalue weighted by molar-refractivity contribution is -0.151. The van der Waals surface area contributed by atoms with Crippen molar-refractivity contribution in [2.45, 2.75) is 57.8 Å². The van der Waals surface area contributed by atoms with Gasteiger partial charge in [0.2, 0.25) is 0 Å². The first kappa shape index (κ1) is 17.4. The highest BCUT2D eigenvalue weighted by Crippen LogP contribution is 2.24. The van der Waals surface area contributed by atoms with Crippen LogP contribution in [0.15, 0.2) is 18.7 Å². The van der Waals surface area contributed by atoms with Crippen LogP contribution in [0.4, 0.5) is 0 Å². The van der Waals surface area contributed by atoms with E-state index in [1.165, 1.54) is 0 Å². The fraction of sp³-hybridized carbons (Fsp3) is 0.778. The Balaban J connectivity index is 1.58. The van der Waals surface area contributed by atoms with Gasteiger partial charge in [-0.2, -0.15) is 0 Å². The SMILES string of the molecule is CC(C)[C@H](OC[C@@H]1CCCO1)C(=O)N1CCC[C@H](n2ccnc2)C1. The van der Waals surface area contributed by atoms with Gasteiger partial charge in [-0.1, -0.05) is 13.8 Å². The second kappa shape index (κ2) is 8.12. The van der Waals surface area contributed by atoms with E-state index in [9.17, 15) is 4.79 Å². The van der Waals surface area contributed by atoms with Gasteiger partial charge in [-0.3, -0.25) is 4.79 Å². The zero-order valence-electron chi connectivity index (χ0n) is 14.8. The number of hydrogen-bond donors (Lipinski definition) is 0. The molecule has 3 rings (SSSR count). The fourth-order valence-electron chi connectivity index (χ4n) is 3.60. The molecule has 6 nitrogen and oxygen atoms in total. The van der Waals surface area contributed by atoms with E-state index in [1.54, 1.807) is 6.20 Å². The molecule has 1 aromatic heterocycles. The Morgan fingerprint density at radius 2 is 2.25 bits per heavy atom. The second-order valence-electron chi connectivity index (χ2n) is 7.22. The van der Waals surface area contributed by atoms with Gasteiger partial charge >= 0.3 is 0 Å². The Hall–Kier alpha value is -1.40. The highest BCUT2D eigenvalue weighted by atomic mass is 16.5. The van der Waals surface area contributed by atoms with Crippen molar-refractivity contribution < 1.29 is 14.3 Å². The quantitative estimate of drug-likeness (QED) is 0.800. The topological polar surface area (TPSA) is 56.6 Å². The number of carbonyl (C=O) groups is 1. The molecule has 0 radical (unpaired) electrons. The van der Waals surface area contributed by atoms with E-state index in [0.717, 1.165) is 45.4 Å². The van der Waals surface area contributed by atoms with Gasteiger partial charge in [-0.05, 0) is 31.6 Å². The molecule has 0 unspecified atom stereocenters. The second-order valence-corrected chi connectivity index (χ2v) is 7.22. The van der Waals surface area contributed by atoms with Gasteiger partial charge in [0.05, 0.1) is 25.1 Å². The van der Waals surface area contributed by atoms with E-state index in [-0.39, 0.29) is 24.0 Å². The van der Waals surface area contributed by atoms with Crippen molar-refractivity contribution >= 4 is 5.91 Å². The van der Waals surface area contributed by atoms with Gasteiger partial charge in [0, 0.05) is 32.1 Å². The van der Waals surface area contributed by atoms with Crippen molar-refractivity contribution in [2.24, 2.45) is 5.92 Å². The number of amides is 1. The number of ether oxygens (including phenoxy) is 2. The molecule has 0 aliphatic carbocycles. The van der Waals surface area contributed by atoms with Crippen LogP contribution in [0.3, 0.4) is 0 Å². The molecule has 0 bridgehead atoms. The van der Waals surface area contributed by atoms with E-state index in [1.807, 2.05) is 17.4 Å². The standard InChI is InChI=1S/C18H29N3O3/c1-14(2)17(24-12-16-6-4-10-23-16)18(22)20-8-3-5-15(11-20)21-9-7-19-13-21/h7,9,13-17H,3-6,8,10-12H2,1-2H3/t15-,16-,17-/m0/s1. The van der Waals surface area contributed by atoms with Crippen LogP contribution in [0.2, 0.25) is 0 Å². The summed E-state index contributed by atoms with van der Waals surface area (Å²) in [6.07, 6.45) is 9.61. The third kappa shape index (κ3) is 4.16. The van der Waals surface area contributed by atoms with Crippen LogP contribution in [0, 0.1) is 5.92 Å². The predicted octanol–water partition coefficient (Wildman–Crippen LogP) is 2.27. The molecule has 3 heterocycles. The average Bonchev–Trinajstić information content (AvgIpc) is 3.28. The summed E-state index contributed by atoms with van der Waals surface area (Å²) in [5, 5.41) is 0. The molecule has 6 heteroatoms. The minimum Gasteiger partial charge on any atom is -0.376 e. The summed E-state index contributed by atoms with van der Waals surface area (Å²) in [5.74, 6) is 0.278. The molecule has 0 N–H and O–H groups in total. The molecular formula is C18H29N3O3. The maximum Gasteiger partial charge on any atom is 0.252 e. The van der Waals surface area contributed by atoms with Gasteiger partial charge in [0.15, 0.2) is 0 Å². The number of nitrogens with zero attached hydrogens (tertiary/aromatic N) is 3. The van der Waals surface area contributed by atoms with Gasteiger partial charge in [-0.25, -0.2) is 4.98 Å². The molecule has 1 aromatic rings. The average molecular weight is 335 g/mol. The molecule has 2 aliphatic heterocycles. The Labute approximate surface area is 144 Å². The van der Waals surface area contributed by atoms with E-state index in [2.05, 4.69) is 23.4 Å². The minimum absolute atomic E-state index is 0.118. The van der Waals surface area contributed by atoms with Gasteiger partial charge < -0.3 is 18.9 Å². The van der Waals surface area contributed by atoms with E-state index >= 15 is 0 Å². The number of imidazole rings is 1. The van der Waals surface area contributed by atoms with Crippen LogP contribution in [0.25, 0.3) is 0 Å². The normalized spacial score (nSPS) is 26.0. The van der Waals surface area contributed by atoms with Crippen molar-refractivity contribution in [1.82, 2.24) is 14.5 Å². The van der Waals surface area contributed by atoms with Crippen molar-refractivity contribution in [3.05, 3.63) is 18.7 Å². The van der Waals surface area contributed by atoms with Gasteiger partial charge in [-0.15, -0.1) is 0 Å². The number of rotatable bonds is 6. The molecule has 1 amide bonds. The molecule has 2 fully saturated rings. The summed E-state index contributed by atoms with van der Waals surface area (Å²) in [4.78, 5) is 19.1. The number of carbonyl (C=O) groups excluding carboxylic acids is 1. The third-order valence-corrected chi connectivity index (χ3v) is 4.99. The molecule has 0 aromatic carbocycles. The Kier molecular flexibility index (Phi) is 5.89. The van der Waals surface area contributed by atoms with Crippen LogP contribution in [-0.4, -0.2) is 58.9 Å². The van der Waals surface area contributed by atoms with Crippen LogP contribution < -0.4 is 0 Å². The third-order valence-electron chi connectivity index (χ3n) is 4.99. The molecule has 24 heavy (non-hydrogen) atoms. The molecule has 0 saturated carbocycles. The highest BCUT2D eigenvalue weighted by Gasteiger charge is 2.32. The van der Waals surface area contributed by atoms with Crippen LogP contribution in [-0.2, 0) is 14.3 Å². The molecule has 134 valence electrons. The van der Waals surface area contributed by atoms with Crippen LogP contribution >= 0.6 is 0 Å². The Morgan fingerprint density at radius 1 is 1.38 bits per heavy atom. The molecule has 2 saturated heterocycles. The lowest BCUT2D eigenvalue weighted by Gasteiger charge is -2.36. The summed E-state index contributed by atoms with van der Waals surface area (Å²) in [5.41, 5.74) is 0. The molecule has 3 atom stereocenters. The van der Waals surface area contributed by atoms with Crippen molar-refractivity contribution in [3.8, 4) is 0 Å². The summed E-state index contributed by atoms with van der Waals surface area (Å²) >= 11 is 0. The van der Waals surface area contributed by atoms with Crippen LogP contribution in [0.5, 0.6) is 0 Å². The van der Waals surface area contributed by atoms with Gasteiger partial charge in [0.25, 0.3) is 5.91 Å². The summed E-state index contributed by atoms with van der Waals surface area (Å²) in [7, 11) is 0. The summed E-state index contributed by atoms with van der Waals surface area (Å²) < 4.78 is 13.7. The lowest BCUT2D eigenvalue weighted by atomic mass is 10.0. The van der Waals surface area contributed by atoms with Crippen molar-refractivity contribution in [2.75, 3.05) is 26.3 Å². The maximum atomic E-state index is 13.0. The van der Waals surface area contributed by atoms with Gasteiger partial charge in [0.1, 0.15) is 6.10 Å². The number of hydrogen-bond acceptors (Lipinski definition) is 4. The summed E-state index contributed by atoms with van der Waals surface area (Å²) in [6, 6.07) is 0.316. The minimum atomic E-state index is -0.379.